The van der Waals surface area contributed by atoms with Gasteiger partial charge in [0.15, 0.2) is 0 Å². The molecular weight excluding hydrogens is 244 g/mol. The Morgan fingerprint density at radius 3 is 2.72 bits per heavy atom. The predicted molar refractivity (Wildman–Crippen MR) is 60.9 cm³/mol. The standard InChI is InChI=1S/C10H11BFNO5/c12-9-3-6(1-2-8(9)11(16)17)13-4-7(5-14)18-10(13)15/h1-3,7,14,16-17H,4-5H2/t7-/m1/s1. The Morgan fingerprint density at radius 1 is 1.50 bits per heavy atom. The van der Waals surface area contributed by atoms with E-state index in [2.05, 4.69) is 0 Å². The van der Waals surface area contributed by atoms with Crippen molar-refractivity contribution in [1.29, 1.82) is 0 Å². The monoisotopic (exact) mass is 255 g/mol. The number of carbonyl (C=O) groups excluding carboxylic acids is 1. The van der Waals surface area contributed by atoms with E-state index < -0.39 is 25.1 Å². The van der Waals surface area contributed by atoms with Gasteiger partial charge in [-0.25, -0.2) is 9.18 Å². The largest absolute Gasteiger partial charge is 0.491 e. The van der Waals surface area contributed by atoms with Crippen molar-refractivity contribution < 1.29 is 29.1 Å². The third kappa shape index (κ3) is 2.30. The number of halogens is 1. The second kappa shape index (κ2) is 4.93. The van der Waals surface area contributed by atoms with Crippen molar-refractivity contribution in [1.82, 2.24) is 0 Å². The first kappa shape index (κ1) is 12.8. The summed E-state index contributed by atoms with van der Waals surface area (Å²) in [5.74, 6) is -0.831. The van der Waals surface area contributed by atoms with Crippen LogP contribution >= 0.6 is 0 Å². The second-order valence-corrected chi connectivity index (χ2v) is 3.88. The van der Waals surface area contributed by atoms with Gasteiger partial charge in [0.2, 0.25) is 0 Å². The molecule has 1 saturated heterocycles. The van der Waals surface area contributed by atoms with Crippen LogP contribution in [0.3, 0.4) is 0 Å². The van der Waals surface area contributed by atoms with Crippen LogP contribution in [-0.2, 0) is 4.74 Å². The van der Waals surface area contributed by atoms with Gasteiger partial charge >= 0.3 is 13.2 Å². The fourth-order valence-corrected chi connectivity index (χ4v) is 1.72. The zero-order chi connectivity index (χ0) is 13.3. The van der Waals surface area contributed by atoms with Crippen LogP contribution in [0.5, 0.6) is 0 Å². The van der Waals surface area contributed by atoms with E-state index in [0.29, 0.717) is 0 Å². The van der Waals surface area contributed by atoms with Gasteiger partial charge in [-0.1, -0.05) is 6.07 Å². The first-order valence-electron chi connectivity index (χ1n) is 5.27. The maximum absolute atomic E-state index is 13.5. The highest BCUT2D eigenvalue weighted by Crippen LogP contribution is 2.21. The molecule has 1 atom stereocenters. The molecule has 6 nitrogen and oxygen atoms in total. The van der Waals surface area contributed by atoms with Crippen LogP contribution < -0.4 is 10.4 Å². The highest BCUT2D eigenvalue weighted by molar-refractivity contribution is 6.58. The number of rotatable bonds is 3. The summed E-state index contributed by atoms with van der Waals surface area (Å²) in [6, 6.07) is 3.56. The molecule has 2 rings (SSSR count). The highest BCUT2D eigenvalue weighted by atomic mass is 19.1. The van der Waals surface area contributed by atoms with E-state index in [1.54, 1.807) is 0 Å². The highest BCUT2D eigenvalue weighted by Gasteiger charge is 2.32. The van der Waals surface area contributed by atoms with E-state index in [-0.39, 0.29) is 24.3 Å². The Morgan fingerprint density at radius 2 is 2.22 bits per heavy atom. The van der Waals surface area contributed by atoms with Crippen molar-refractivity contribution in [3.05, 3.63) is 24.0 Å². The van der Waals surface area contributed by atoms with E-state index >= 15 is 0 Å². The van der Waals surface area contributed by atoms with Crippen molar-refractivity contribution in [3.63, 3.8) is 0 Å². The fourth-order valence-electron chi connectivity index (χ4n) is 1.72. The molecule has 8 heteroatoms. The lowest BCUT2D eigenvalue weighted by Gasteiger charge is -2.13. The topological polar surface area (TPSA) is 90.2 Å². The molecule has 0 saturated carbocycles. The van der Waals surface area contributed by atoms with Crippen LogP contribution in [0.4, 0.5) is 14.9 Å². The summed E-state index contributed by atoms with van der Waals surface area (Å²) in [6.45, 7) is -0.187. The van der Waals surface area contributed by atoms with Crippen molar-refractivity contribution in [2.75, 3.05) is 18.1 Å². The van der Waals surface area contributed by atoms with Crippen LogP contribution in [0.15, 0.2) is 18.2 Å². The van der Waals surface area contributed by atoms with Gasteiger partial charge in [0, 0.05) is 5.46 Å². The van der Waals surface area contributed by atoms with Crippen molar-refractivity contribution >= 4 is 24.4 Å². The third-order valence-corrected chi connectivity index (χ3v) is 2.65. The molecule has 1 amide bonds. The zero-order valence-electron chi connectivity index (χ0n) is 9.28. The lowest BCUT2D eigenvalue weighted by Crippen LogP contribution is -2.33. The summed E-state index contributed by atoms with van der Waals surface area (Å²) in [7, 11) is -1.91. The first-order chi connectivity index (χ1) is 8.52. The Hall–Kier alpha value is -1.64. The summed E-state index contributed by atoms with van der Waals surface area (Å²) >= 11 is 0. The molecule has 0 aromatic heterocycles. The van der Waals surface area contributed by atoms with Gasteiger partial charge in [-0.2, -0.15) is 0 Å². The van der Waals surface area contributed by atoms with Gasteiger partial charge in [0.1, 0.15) is 11.9 Å². The molecular formula is C10H11BFNO5. The van der Waals surface area contributed by atoms with Crippen LogP contribution in [-0.4, -0.2) is 47.6 Å². The van der Waals surface area contributed by atoms with Crippen LogP contribution in [0, 0.1) is 5.82 Å². The van der Waals surface area contributed by atoms with E-state index in [1.807, 2.05) is 0 Å². The number of cyclic esters (lactones) is 1. The Bertz CT molecular complexity index is 470. The number of anilines is 1. The number of benzene rings is 1. The summed E-state index contributed by atoms with van der Waals surface area (Å²) < 4.78 is 18.3. The minimum Gasteiger partial charge on any atom is -0.441 e. The molecule has 1 aliphatic heterocycles. The van der Waals surface area contributed by atoms with Gasteiger partial charge in [-0.3, -0.25) is 4.90 Å². The maximum atomic E-state index is 13.5. The summed E-state index contributed by atoms with van der Waals surface area (Å²) in [6.07, 6.45) is -1.31. The van der Waals surface area contributed by atoms with Gasteiger partial charge in [-0.05, 0) is 12.1 Å². The molecule has 1 heterocycles. The Labute approximate surface area is 102 Å². The molecule has 0 spiro atoms. The van der Waals surface area contributed by atoms with E-state index in [1.165, 1.54) is 12.1 Å². The van der Waals surface area contributed by atoms with Gasteiger partial charge in [0.25, 0.3) is 0 Å². The van der Waals surface area contributed by atoms with E-state index in [9.17, 15) is 9.18 Å². The minimum absolute atomic E-state index is 0.121. The zero-order valence-corrected chi connectivity index (χ0v) is 9.28. The van der Waals surface area contributed by atoms with Gasteiger partial charge in [0.05, 0.1) is 18.8 Å². The SMILES string of the molecule is O=C1O[C@@H](CO)CN1c1ccc(B(O)O)c(F)c1. The Balaban J connectivity index is 2.25. The third-order valence-electron chi connectivity index (χ3n) is 2.65. The number of aliphatic hydroxyl groups excluding tert-OH is 1. The lowest BCUT2D eigenvalue weighted by molar-refractivity contribution is 0.0963. The smallest absolute Gasteiger partial charge is 0.441 e. The molecule has 0 unspecified atom stereocenters. The first-order valence-corrected chi connectivity index (χ1v) is 5.27. The molecule has 1 aliphatic rings. The van der Waals surface area contributed by atoms with Crippen molar-refractivity contribution in [2.24, 2.45) is 0 Å². The van der Waals surface area contributed by atoms with Crippen LogP contribution in [0.1, 0.15) is 0 Å². The second-order valence-electron chi connectivity index (χ2n) is 3.88. The normalized spacial score (nSPS) is 19.0. The number of amides is 1. The predicted octanol–water partition coefficient (Wildman–Crippen LogP) is -1.18. The number of nitrogens with zero attached hydrogens (tertiary/aromatic N) is 1. The number of carbonyl (C=O) groups is 1. The molecule has 1 aromatic carbocycles. The molecule has 96 valence electrons. The molecule has 0 bridgehead atoms. The molecule has 0 radical (unpaired) electrons. The van der Waals surface area contributed by atoms with Crippen molar-refractivity contribution in [2.45, 2.75) is 6.10 Å². The number of hydrogen-bond donors (Lipinski definition) is 3. The number of ether oxygens (including phenoxy) is 1. The molecule has 3 N–H and O–H groups in total. The van der Waals surface area contributed by atoms with E-state index in [0.717, 1.165) is 11.0 Å². The van der Waals surface area contributed by atoms with E-state index in [4.69, 9.17) is 19.9 Å². The maximum Gasteiger partial charge on any atom is 0.491 e. The number of hydrogen-bond acceptors (Lipinski definition) is 5. The van der Waals surface area contributed by atoms with Gasteiger partial charge < -0.3 is 19.9 Å². The number of aliphatic hydroxyl groups is 1. The van der Waals surface area contributed by atoms with Crippen LogP contribution in [0.25, 0.3) is 0 Å². The average molecular weight is 255 g/mol. The summed E-state index contributed by atoms with van der Waals surface area (Å²) in [5.41, 5.74) is -0.0390. The molecule has 1 aromatic rings. The van der Waals surface area contributed by atoms with Crippen LogP contribution in [0.2, 0.25) is 0 Å². The lowest BCUT2D eigenvalue weighted by atomic mass is 9.80. The summed E-state index contributed by atoms with van der Waals surface area (Å²) in [4.78, 5) is 12.6. The van der Waals surface area contributed by atoms with Crippen molar-refractivity contribution in [3.8, 4) is 0 Å². The van der Waals surface area contributed by atoms with Gasteiger partial charge in [-0.15, -0.1) is 0 Å². The summed E-state index contributed by atoms with van der Waals surface area (Å²) in [5, 5.41) is 26.6. The molecule has 0 aliphatic carbocycles. The molecule has 18 heavy (non-hydrogen) atoms. The fraction of sp³-hybridized carbons (Fsp3) is 0.300. The Kier molecular flexibility index (Phi) is 3.51. The average Bonchev–Trinajstić information content (AvgIpc) is 2.70. The quantitative estimate of drug-likeness (QED) is 0.591. The minimum atomic E-state index is -1.91. The molecule has 1 fully saturated rings.